The summed E-state index contributed by atoms with van der Waals surface area (Å²) in [5.74, 6) is 0.768. The van der Waals surface area contributed by atoms with Crippen LogP contribution in [0.3, 0.4) is 0 Å². The van der Waals surface area contributed by atoms with Crippen molar-refractivity contribution < 1.29 is 9.32 Å². The lowest BCUT2D eigenvalue weighted by Gasteiger charge is -2.09. The second-order valence-electron chi connectivity index (χ2n) is 6.72. The molecule has 0 spiro atoms. The summed E-state index contributed by atoms with van der Waals surface area (Å²) in [5.41, 5.74) is 3.51. The number of aromatic nitrogens is 4. The van der Waals surface area contributed by atoms with Gasteiger partial charge in [-0.05, 0) is 25.5 Å². The van der Waals surface area contributed by atoms with E-state index in [2.05, 4.69) is 37.1 Å². The first-order valence-corrected chi connectivity index (χ1v) is 9.17. The van der Waals surface area contributed by atoms with Gasteiger partial charge >= 0.3 is 0 Å². The fourth-order valence-corrected chi connectivity index (χ4v) is 3.27. The molecule has 0 fully saturated rings. The molecule has 1 amide bonds. The summed E-state index contributed by atoms with van der Waals surface area (Å²) < 4.78 is 7.30. The lowest BCUT2D eigenvalue weighted by molar-refractivity contribution is 0.0955. The standard InChI is InChI=1S/C21H21N5O2/c1-14-12-17(19-15(2)25-28-21(19)24-14)20(27)23-9-8-18-22-10-11-26(18)13-16-6-4-3-5-7-16/h3-7,10-12H,8-9,13H2,1-2H3,(H,23,27). The van der Waals surface area contributed by atoms with Crippen LogP contribution in [0.4, 0.5) is 0 Å². The molecule has 28 heavy (non-hydrogen) atoms. The maximum Gasteiger partial charge on any atom is 0.258 e. The van der Waals surface area contributed by atoms with Crippen LogP contribution >= 0.6 is 0 Å². The van der Waals surface area contributed by atoms with Crippen LogP contribution in [0.2, 0.25) is 0 Å². The first-order chi connectivity index (χ1) is 13.6. The van der Waals surface area contributed by atoms with Gasteiger partial charge in [-0.25, -0.2) is 9.97 Å². The Bertz CT molecular complexity index is 1110. The number of rotatable bonds is 6. The van der Waals surface area contributed by atoms with Crippen molar-refractivity contribution in [2.75, 3.05) is 6.54 Å². The van der Waals surface area contributed by atoms with Gasteiger partial charge in [0.1, 0.15) is 5.82 Å². The molecule has 0 unspecified atom stereocenters. The molecule has 7 nitrogen and oxygen atoms in total. The van der Waals surface area contributed by atoms with Crippen LogP contribution in [0, 0.1) is 13.8 Å². The van der Waals surface area contributed by atoms with Gasteiger partial charge in [-0.1, -0.05) is 35.5 Å². The normalized spacial score (nSPS) is 11.1. The van der Waals surface area contributed by atoms with Gasteiger partial charge in [-0.15, -0.1) is 0 Å². The van der Waals surface area contributed by atoms with Crippen LogP contribution < -0.4 is 5.32 Å². The van der Waals surface area contributed by atoms with E-state index in [0.29, 0.717) is 41.0 Å². The van der Waals surface area contributed by atoms with Crippen molar-refractivity contribution in [3.63, 3.8) is 0 Å². The molecule has 0 bridgehead atoms. The van der Waals surface area contributed by atoms with Gasteiger partial charge in [0.15, 0.2) is 0 Å². The SMILES string of the molecule is Cc1cc(C(=O)NCCc2nccn2Cc2ccccc2)c2c(C)noc2n1. The molecule has 7 heteroatoms. The van der Waals surface area contributed by atoms with E-state index in [0.717, 1.165) is 12.4 Å². The number of carbonyl (C=O) groups excluding carboxylic acids is 1. The fraction of sp³-hybridized carbons (Fsp3) is 0.238. The van der Waals surface area contributed by atoms with E-state index in [1.165, 1.54) is 5.56 Å². The highest BCUT2D eigenvalue weighted by molar-refractivity contribution is 6.06. The maximum atomic E-state index is 12.7. The van der Waals surface area contributed by atoms with Crippen molar-refractivity contribution in [1.82, 2.24) is 25.0 Å². The zero-order chi connectivity index (χ0) is 19.5. The monoisotopic (exact) mass is 375 g/mol. The number of nitrogens with zero attached hydrogens (tertiary/aromatic N) is 4. The number of nitrogens with one attached hydrogen (secondary N) is 1. The van der Waals surface area contributed by atoms with Crippen LogP contribution in [0.25, 0.3) is 11.1 Å². The number of fused-ring (bicyclic) bond motifs is 1. The molecule has 142 valence electrons. The van der Waals surface area contributed by atoms with Crippen molar-refractivity contribution in [3.8, 4) is 0 Å². The number of carbonyl (C=O) groups is 1. The van der Waals surface area contributed by atoms with Gasteiger partial charge in [-0.2, -0.15) is 0 Å². The Morgan fingerprint density at radius 1 is 1.21 bits per heavy atom. The van der Waals surface area contributed by atoms with Gasteiger partial charge < -0.3 is 14.4 Å². The average Bonchev–Trinajstić information content (AvgIpc) is 3.28. The molecule has 1 N–H and O–H groups in total. The van der Waals surface area contributed by atoms with Gasteiger partial charge in [0, 0.05) is 37.6 Å². The summed E-state index contributed by atoms with van der Waals surface area (Å²) in [6, 6.07) is 12.0. The lowest BCUT2D eigenvalue weighted by atomic mass is 10.1. The van der Waals surface area contributed by atoms with Crippen LogP contribution in [0.5, 0.6) is 0 Å². The summed E-state index contributed by atoms with van der Waals surface area (Å²) in [6.07, 6.45) is 4.39. The Kier molecular flexibility index (Phi) is 4.89. The van der Waals surface area contributed by atoms with Gasteiger partial charge in [0.2, 0.25) is 0 Å². The quantitative estimate of drug-likeness (QED) is 0.560. The topological polar surface area (TPSA) is 85.8 Å². The molecule has 4 aromatic rings. The molecule has 0 radical (unpaired) electrons. The largest absolute Gasteiger partial charge is 0.352 e. The van der Waals surface area contributed by atoms with E-state index < -0.39 is 0 Å². The smallest absolute Gasteiger partial charge is 0.258 e. The van der Waals surface area contributed by atoms with Crippen LogP contribution in [0.1, 0.15) is 33.1 Å². The third-order valence-corrected chi connectivity index (χ3v) is 4.62. The fourth-order valence-electron chi connectivity index (χ4n) is 3.27. The molecule has 0 saturated carbocycles. The predicted molar refractivity (Wildman–Crippen MR) is 105 cm³/mol. The van der Waals surface area contributed by atoms with Gasteiger partial charge in [0.25, 0.3) is 11.6 Å². The molecule has 0 aliphatic heterocycles. The minimum Gasteiger partial charge on any atom is -0.352 e. The van der Waals surface area contributed by atoms with E-state index in [1.54, 1.807) is 19.2 Å². The predicted octanol–water partition coefficient (Wildman–Crippen LogP) is 3.06. The summed E-state index contributed by atoms with van der Waals surface area (Å²) in [6.45, 7) is 4.88. The molecule has 0 saturated heterocycles. The van der Waals surface area contributed by atoms with E-state index in [9.17, 15) is 4.79 Å². The Morgan fingerprint density at radius 2 is 2.04 bits per heavy atom. The minimum atomic E-state index is -0.164. The number of benzene rings is 1. The van der Waals surface area contributed by atoms with Gasteiger partial charge in [0.05, 0.1) is 16.6 Å². The number of aryl methyl sites for hydroxylation is 2. The number of pyridine rings is 1. The zero-order valence-electron chi connectivity index (χ0n) is 15.8. The van der Waals surface area contributed by atoms with Crippen LogP contribution in [-0.2, 0) is 13.0 Å². The Hall–Kier alpha value is -3.48. The zero-order valence-corrected chi connectivity index (χ0v) is 15.8. The highest BCUT2D eigenvalue weighted by Gasteiger charge is 2.17. The molecular formula is C21H21N5O2. The lowest BCUT2D eigenvalue weighted by Crippen LogP contribution is -2.27. The Morgan fingerprint density at radius 3 is 2.86 bits per heavy atom. The third kappa shape index (κ3) is 3.64. The second kappa shape index (κ2) is 7.64. The second-order valence-corrected chi connectivity index (χ2v) is 6.72. The van der Waals surface area contributed by atoms with E-state index in [-0.39, 0.29) is 5.91 Å². The number of amides is 1. The summed E-state index contributed by atoms with van der Waals surface area (Å²) >= 11 is 0. The van der Waals surface area contributed by atoms with Crippen LogP contribution in [0.15, 0.2) is 53.3 Å². The molecular weight excluding hydrogens is 354 g/mol. The van der Waals surface area contributed by atoms with Crippen molar-refractivity contribution >= 4 is 17.0 Å². The number of hydrogen-bond donors (Lipinski definition) is 1. The third-order valence-electron chi connectivity index (χ3n) is 4.62. The van der Waals surface area contributed by atoms with Gasteiger partial charge in [-0.3, -0.25) is 4.79 Å². The highest BCUT2D eigenvalue weighted by atomic mass is 16.5. The molecule has 0 aliphatic rings. The first-order valence-electron chi connectivity index (χ1n) is 9.17. The maximum absolute atomic E-state index is 12.7. The van der Waals surface area contributed by atoms with Crippen LogP contribution in [-0.4, -0.2) is 32.1 Å². The average molecular weight is 375 g/mol. The highest BCUT2D eigenvalue weighted by Crippen LogP contribution is 2.21. The summed E-state index contributed by atoms with van der Waals surface area (Å²) in [5, 5.41) is 7.56. The Labute approximate surface area is 162 Å². The molecule has 3 heterocycles. The van der Waals surface area contributed by atoms with Crippen molar-refractivity contribution in [3.05, 3.63) is 77.1 Å². The Balaban J connectivity index is 1.43. The molecule has 0 aliphatic carbocycles. The number of hydrogen-bond acceptors (Lipinski definition) is 5. The van der Waals surface area contributed by atoms with Crippen molar-refractivity contribution in [2.45, 2.75) is 26.8 Å². The molecule has 4 rings (SSSR count). The van der Waals surface area contributed by atoms with Crippen molar-refractivity contribution in [2.24, 2.45) is 0 Å². The molecule has 0 atom stereocenters. The van der Waals surface area contributed by atoms with E-state index in [4.69, 9.17) is 4.52 Å². The summed E-state index contributed by atoms with van der Waals surface area (Å²) in [4.78, 5) is 21.4. The summed E-state index contributed by atoms with van der Waals surface area (Å²) in [7, 11) is 0. The van der Waals surface area contributed by atoms with E-state index >= 15 is 0 Å². The van der Waals surface area contributed by atoms with Crippen molar-refractivity contribution in [1.29, 1.82) is 0 Å². The molecule has 1 aromatic carbocycles. The molecule has 3 aromatic heterocycles. The van der Waals surface area contributed by atoms with E-state index in [1.807, 2.05) is 31.3 Å². The minimum absolute atomic E-state index is 0.164. The first kappa shape index (κ1) is 17.9. The number of imidazole rings is 1.